The summed E-state index contributed by atoms with van der Waals surface area (Å²) in [5.41, 5.74) is 0.588. The summed E-state index contributed by atoms with van der Waals surface area (Å²) in [5.74, 6) is -2.75. The van der Waals surface area contributed by atoms with Crippen LogP contribution in [0.5, 0.6) is 5.75 Å². The largest absolute Gasteiger partial charge is 0.497 e. The van der Waals surface area contributed by atoms with Gasteiger partial charge < -0.3 is 14.4 Å². The van der Waals surface area contributed by atoms with Crippen molar-refractivity contribution in [3.05, 3.63) is 65.5 Å². The van der Waals surface area contributed by atoms with E-state index in [1.54, 1.807) is 12.1 Å². The van der Waals surface area contributed by atoms with Crippen molar-refractivity contribution in [1.29, 1.82) is 0 Å². The Kier molecular flexibility index (Phi) is 7.54. The summed E-state index contributed by atoms with van der Waals surface area (Å²) in [5, 5.41) is 2.15. The van der Waals surface area contributed by atoms with E-state index in [1.165, 1.54) is 48.4 Å². The number of likely N-dealkylation sites (tertiary alicyclic amines) is 1. The highest BCUT2D eigenvalue weighted by molar-refractivity contribution is 6.05. The van der Waals surface area contributed by atoms with Crippen molar-refractivity contribution in [2.45, 2.75) is 12.8 Å². The molecule has 1 fully saturated rings. The fourth-order valence-corrected chi connectivity index (χ4v) is 3.36. The normalized spacial score (nSPS) is 15.6. The van der Waals surface area contributed by atoms with Crippen molar-refractivity contribution < 1.29 is 33.0 Å². The number of hydrogen-bond donors (Lipinski definition) is 1. The molecule has 8 nitrogen and oxygen atoms in total. The van der Waals surface area contributed by atoms with E-state index in [2.05, 4.69) is 5.32 Å². The van der Waals surface area contributed by atoms with Gasteiger partial charge in [-0.1, -0.05) is 0 Å². The third-order valence-corrected chi connectivity index (χ3v) is 5.08. The lowest BCUT2D eigenvalue weighted by Crippen LogP contribution is -2.43. The number of esters is 1. The van der Waals surface area contributed by atoms with Gasteiger partial charge in [0.25, 0.3) is 17.7 Å². The number of amides is 3. The standard InChI is InChI=1S/C23H23FN2O6/c1-31-19-10-6-15(7-11-19)21(28)25-20(27)14-32-23(30)17-3-2-12-26(13-17)22(29)16-4-8-18(24)9-5-16/h4-11,17H,2-3,12-14H2,1H3,(H,25,27,28). The van der Waals surface area contributed by atoms with Crippen molar-refractivity contribution in [3.8, 4) is 5.75 Å². The average molecular weight is 442 g/mol. The molecule has 0 aromatic heterocycles. The molecule has 1 saturated heterocycles. The second kappa shape index (κ2) is 10.5. The molecule has 1 atom stereocenters. The molecule has 168 valence electrons. The molecule has 0 saturated carbocycles. The van der Waals surface area contributed by atoms with Gasteiger partial charge in [-0.05, 0) is 61.4 Å². The van der Waals surface area contributed by atoms with Gasteiger partial charge >= 0.3 is 5.97 Å². The van der Waals surface area contributed by atoms with Crippen LogP contribution in [0.15, 0.2) is 48.5 Å². The van der Waals surface area contributed by atoms with Gasteiger partial charge in [0, 0.05) is 24.2 Å². The number of nitrogens with one attached hydrogen (secondary N) is 1. The average Bonchev–Trinajstić information content (AvgIpc) is 2.82. The first-order valence-electron chi connectivity index (χ1n) is 10.1. The molecule has 1 aliphatic rings. The Bertz CT molecular complexity index is 991. The molecule has 3 rings (SSSR count). The van der Waals surface area contributed by atoms with E-state index in [9.17, 15) is 23.6 Å². The van der Waals surface area contributed by atoms with Crippen molar-refractivity contribution in [3.63, 3.8) is 0 Å². The Balaban J connectivity index is 1.48. The topological polar surface area (TPSA) is 102 Å². The fraction of sp³-hybridized carbons (Fsp3) is 0.304. The Labute approximate surface area is 184 Å². The molecule has 0 bridgehead atoms. The molecule has 0 radical (unpaired) electrons. The van der Waals surface area contributed by atoms with E-state index in [1.807, 2.05) is 0 Å². The van der Waals surface area contributed by atoms with Gasteiger partial charge in [-0.2, -0.15) is 0 Å². The van der Waals surface area contributed by atoms with Crippen LogP contribution in [0.2, 0.25) is 0 Å². The molecule has 1 unspecified atom stereocenters. The lowest BCUT2D eigenvalue weighted by Gasteiger charge is -2.31. The third-order valence-electron chi connectivity index (χ3n) is 5.08. The first kappa shape index (κ1) is 22.9. The highest BCUT2D eigenvalue weighted by atomic mass is 19.1. The maximum absolute atomic E-state index is 13.1. The number of imide groups is 1. The third kappa shape index (κ3) is 5.90. The van der Waals surface area contributed by atoms with Gasteiger partial charge in [0.2, 0.25) is 0 Å². The summed E-state index contributed by atoms with van der Waals surface area (Å²) in [6.07, 6.45) is 1.10. The number of methoxy groups -OCH3 is 1. The fourth-order valence-electron chi connectivity index (χ4n) is 3.36. The van der Waals surface area contributed by atoms with E-state index in [-0.39, 0.29) is 18.0 Å². The van der Waals surface area contributed by atoms with Gasteiger partial charge in [0.1, 0.15) is 11.6 Å². The molecule has 3 amide bonds. The number of carbonyl (C=O) groups is 4. The zero-order chi connectivity index (χ0) is 23.1. The van der Waals surface area contributed by atoms with Crippen LogP contribution in [0, 0.1) is 11.7 Å². The van der Waals surface area contributed by atoms with Crippen LogP contribution in [0.3, 0.4) is 0 Å². The number of nitrogens with zero attached hydrogens (tertiary/aromatic N) is 1. The zero-order valence-corrected chi connectivity index (χ0v) is 17.5. The van der Waals surface area contributed by atoms with Crippen LogP contribution in [0.25, 0.3) is 0 Å². The molecule has 2 aromatic carbocycles. The molecular formula is C23H23FN2O6. The predicted octanol–water partition coefficient (Wildman–Crippen LogP) is 2.19. The predicted molar refractivity (Wildman–Crippen MR) is 111 cm³/mol. The molecular weight excluding hydrogens is 419 g/mol. The van der Waals surface area contributed by atoms with Crippen molar-refractivity contribution in [2.75, 3.05) is 26.8 Å². The minimum absolute atomic E-state index is 0.140. The first-order valence-corrected chi connectivity index (χ1v) is 10.1. The van der Waals surface area contributed by atoms with Crippen LogP contribution in [0.1, 0.15) is 33.6 Å². The maximum atomic E-state index is 13.1. The monoisotopic (exact) mass is 442 g/mol. The van der Waals surface area contributed by atoms with Crippen LogP contribution >= 0.6 is 0 Å². The Morgan fingerprint density at radius 3 is 2.34 bits per heavy atom. The van der Waals surface area contributed by atoms with Crippen molar-refractivity contribution in [1.82, 2.24) is 10.2 Å². The molecule has 0 spiro atoms. The molecule has 1 aliphatic heterocycles. The van der Waals surface area contributed by atoms with Crippen molar-refractivity contribution >= 4 is 23.7 Å². The summed E-state index contributed by atoms with van der Waals surface area (Å²) in [6.45, 7) is 0.00141. The van der Waals surface area contributed by atoms with Crippen LogP contribution in [-0.4, -0.2) is 55.4 Å². The smallest absolute Gasteiger partial charge is 0.311 e. The van der Waals surface area contributed by atoms with Gasteiger partial charge in [0.05, 0.1) is 13.0 Å². The van der Waals surface area contributed by atoms with Gasteiger partial charge in [0.15, 0.2) is 6.61 Å². The van der Waals surface area contributed by atoms with Crippen LogP contribution in [0.4, 0.5) is 4.39 Å². The molecule has 9 heteroatoms. The molecule has 2 aromatic rings. The lowest BCUT2D eigenvalue weighted by atomic mass is 9.97. The van der Waals surface area contributed by atoms with E-state index in [4.69, 9.17) is 9.47 Å². The molecule has 0 aliphatic carbocycles. The number of hydrogen-bond acceptors (Lipinski definition) is 6. The second-order valence-electron chi connectivity index (χ2n) is 7.31. The lowest BCUT2D eigenvalue weighted by molar-refractivity contribution is -0.153. The van der Waals surface area contributed by atoms with E-state index in [0.29, 0.717) is 30.7 Å². The minimum Gasteiger partial charge on any atom is -0.497 e. The summed E-state index contributed by atoms with van der Waals surface area (Å²) < 4.78 is 23.1. The highest BCUT2D eigenvalue weighted by Gasteiger charge is 2.30. The van der Waals surface area contributed by atoms with Crippen molar-refractivity contribution in [2.24, 2.45) is 5.92 Å². The second-order valence-corrected chi connectivity index (χ2v) is 7.31. The first-order chi connectivity index (χ1) is 15.4. The van der Waals surface area contributed by atoms with Crippen LogP contribution in [-0.2, 0) is 14.3 Å². The number of ether oxygens (including phenoxy) is 2. The molecule has 32 heavy (non-hydrogen) atoms. The number of benzene rings is 2. The van der Waals surface area contributed by atoms with E-state index < -0.39 is 36.1 Å². The Morgan fingerprint density at radius 1 is 1.03 bits per heavy atom. The summed E-state index contributed by atoms with van der Waals surface area (Å²) in [7, 11) is 1.50. The number of rotatable bonds is 6. The Hall–Kier alpha value is -3.75. The molecule has 1 heterocycles. The van der Waals surface area contributed by atoms with Gasteiger partial charge in [-0.3, -0.25) is 24.5 Å². The summed E-state index contributed by atoms with van der Waals surface area (Å²) in [6, 6.07) is 11.4. The SMILES string of the molecule is COc1ccc(C(=O)NC(=O)COC(=O)C2CCCN(C(=O)c3ccc(F)cc3)C2)cc1. The minimum atomic E-state index is -0.755. The quantitative estimate of drug-likeness (QED) is 0.688. The zero-order valence-electron chi connectivity index (χ0n) is 17.5. The maximum Gasteiger partial charge on any atom is 0.311 e. The van der Waals surface area contributed by atoms with E-state index >= 15 is 0 Å². The van der Waals surface area contributed by atoms with Gasteiger partial charge in [-0.15, -0.1) is 0 Å². The summed E-state index contributed by atoms with van der Waals surface area (Å²) in [4.78, 5) is 50.6. The molecule has 1 N–H and O–H groups in total. The Morgan fingerprint density at radius 2 is 1.69 bits per heavy atom. The highest BCUT2D eigenvalue weighted by Crippen LogP contribution is 2.20. The van der Waals surface area contributed by atoms with Crippen LogP contribution < -0.4 is 10.1 Å². The number of carbonyl (C=O) groups excluding carboxylic acids is 4. The number of piperidine rings is 1. The number of halogens is 1. The van der Waals surface area contributed by atoms with Gasteiger partial charge in [-0.25, -0.2) is 4.39 Å². The van der Waals surface area contributed by atoms with E-state index in [0.717, 1.165) is 0 Å². The summed E-state index contributed by atoms with van der Waals surface area (Å²) >= 11 is 0.